The first-order valence-corrected chi connectivity index (χ1v) is 8.43. The van der Waals surface area contributed by atoms with E-state index < -0.39 is 5.97 Å². The summed E-state index contributed by atoms with van der Waals surface area (Å²) in [4.78, 5) is 11.1. The van der Waals surface area contributed by atoms with Gasteiger partial charge in [-0.2, -0.15) is 0 Å². The van der Waals surface area contributed by atoms with Crippen LogP contribution < -0.4 is 4.46 Å². The molecule has 0 heterocycles. The summed E-state index contributed by atoms with van der Waals surface area (Å²) in [6, 6.07) is 17.6. The van der Waals surface area contributed by atoms with Crippen LogP contribution in [0.5, 0.6) is 0 Å². The van der Waals surface area contributed by atoms with Gasteiger partial charge in [-0.3, -0.25) is 0 Å². The Labute approximate surface area is 118 Å². The first kappa shape index (κ1) is 13.6. The van der Waals surface area contributed by atoms with Crippen molar-refractivity contribution in [1.82, 2.24) is 0 Å². The number of carboxylic acids is 1. The van der Waals surface area contributed by atoms with Crippen molar-refractivity contribution in [1.29, 1.82) is 0 Å². The van der Waals surface area contributed by atoms with E-state index in [-0.39, 0.29) is 0 Å². The molecule has 2 nitrogen and oxygen atoms in total. The topological polar surface area (TPSA) is 37.3 Å². The average Bonchev–Trinajstić information content (AvgIpc) is 2.45. The maximum atomic E-state index is 11.1. The quantitative estimate of drug-likeness (QED) is 0.695. The van der Waals surface area contributed by atoms with Gasteiger partial charge in [0.05, 0.1) is 0 Å². The van der Waals surface area contributed by atoms with Gasteiger partial charge in [-0.1, -0.05) is 0 Å². The van der Waals surface area contributed by atoms with E-state index in [1.807, 2.05) is 48.5 Å². The second-order valence-electron chi connectivity index (χ2n) is 3.96. The Hall–Kier alpha value is -1.83. The zero-order chi connectivity index (χ0) is 13.7. The van der Waals surface area contributed by atoms with Gasteiger partial charge in [0, 0.05) is 0 Å². The third-order valence-electron chi connectivity index (χ3n) is 2.75. The van der Waals surface area contributed by atoms with Crippen molar-refractivity contribution < 1.29 is 9.90 Å². The molecule has 1 N–H and O–H groups in total. The third kappa shape index (κ3) is 3.34. The van der Waals surface area contributed by atoms with Crippen molar-refractivity contribution in [3.8, 4) is 0 Å². The van der Waals surface area contributed by atoms with Crippen molar-refractivity contribution >= 4 is 31.0 Å². The minimum absolute atomic E-state index is 0.322. The predicted molar refractivity (Wildman–Crippen MR) is 78.9 cm³/mol. The maximum absolute atomic E-state index is 11.1. The number of rotatable bonds is 4. The second kappa shape index (κ2) is 6.37. The van der Waals surface area contributed by atoms with Gasteiger partial charge in [0.2, 0.25) is 0 Å². The molecule has 0 fully saturated rings. The molecule has 2 rings (SSSR count). The summed E-state index contributed by atoms with van der Waals surface area (Å²) >= 11 is 0.322. The summed E-state index contributed by atoms with van der Waals surface area (Å²) in [7, 11) is 0. The molecule has 0 bridgehead atoms. The zero-order valence-electron chi connectivity index (χ0n) is 10.5. The second-order valence-corrected chi connectivity index (χ2v) is 5.74. The molecule has 0 amide bonds. The number of carbonyl (C=O) groups is 1. The normalized spacial score (nSPS) is 11.3. The van der Waals surface area contributed by atoms with E-state index in [0.717, 1.165) is 16.7 Å². The Morgan fingerprint density at radius 2 is 1.68 bits per heavy atom. The van der Waals surface area contributed by atoms with Crippen LogP contribution in [0.2, 0.25) is 5.82 Å². The van der Waals surface area contributed by atoms with E-state index >= 15 is 0 Å². The van der Waals surface area contributed by atoms with Gasteiger partial charge in [0.1, 0.15) is 0 Å². The fourth-order valence-electron chi connectivity index (χ4n) is 1.92. The molecule has 2 aromatic rings. The summed E-state index contributed by atoms with van der Waals surface area (Å²) in [6.07, 6.45) is 1.29. The monoisotopic (exact) mass is 318 g/mol. The molecule has 96 valence electrons. The molecule has 0 aromatic heterocycles. The molecular weight excluding hydrogens is 303 g/mol. The molecule has 0 radical (unpaired) electrons. The van der Waals surface area contributed by atoms with Crippen molar-refractivity contribution in [2.24, 2.45) is 0 Å². The van der Waals surface area contributed by atoms with Crippen LogP contribution in [-0.4, -0.2) is 26.0 Å². The molecule has 0 unspecified atom stereocenters. The SMILES string of the molecule is C[Se]c1ccccc1/C(=C/C(=O)O)c1ccccc1. The summed E-state index contributed by atoms with van der Waals surface area (Å²) in [5.41, 5.74) is 2.72. The molecule has 0 saturated heterocycles. The molecule has 0 aliphatic heterocycles. The molecule has 0 saturated carbocycles. The molecule has 3 heteroatoms. The Balaban J connectivity index is 2.60. The fourth-order valence-corrected chi connectivity index (χ4v) is 3.21. The molecule has 2 aromatic carbocycles. The Morgan fingerprint density at radius 1 is 1.05 bits per heavy atom. The molecule has 0 aliphatic carbocycles. The van der Waals surface area contributed by atoms with Crippen LogP contribution >= 0.6 is 0 Å². The Bertz CT molecular complexity index is 603. The van der Waals surface area contributed by atoms with Crippen molar-refractivity contribution in [3.05, 3.63) is 71.8 Å². The summed E-state index contributed by atoms with van der Waals surface area (Å²) in [5.74, 6) is 1.21. The number of hydrogen-bond acceptors (Lipinski definition) is 1. The van der Waals surface area contributed by atoms with E-state index in [1.54, 1.807) is 0 Å². The van der Waals surface area contributed by atoms with Gasteiger partial charge in [0.15, 0.2) is 0 Å². The number of aliphatic carboxylic acids is 1. The zero-order valence-corrected chi connectivity index (χ0v) is 12.3. The summed E-state index contributed by atoms with van der Waals surface area (Å²) in [5, 5.41) is 9.10. The summed E-state index contributed by atoms with van der Waals surface area (Å²) in [6.45, 7) is 0. The van der Waals surface area contributed by atoms with Gasteiger partial charge in [0.25, 0.3) is 0 Å². The third-order valence-corrected chi connectivity index (χ3v) is 4.42. The molecular formula is C16H14O2Se. The standard InChI is InChI=1S/C16H14O2Se/c1-19-15-10-6-5-9-13(15)14(11-16(17)18)12-7-3-2-4-8-12/h2-11H,1H3,(H,17,18)/b14-11+. The minimum atomic E-state index is -0.919. The Kier molecular flexibility index (Phi) is 4.56. The van der Waals surface area contributed by atoms with Gasteiger partial charge in [-0.25, -0.2) is 0 Å². The number of benzene rings is 2. The molecule has 0 aliphatic rings. The van der Waals surface area contributed by atoms with Crippen LogP contribution in [0.3, 0.4) is 0 Å². The number of carboxylic acid groups (broad SMARTS) is 1. The number of hydrogen-bond donors (Lipinski definition) is 1. The van der Waals surface area contributed by atoms with E-state index in [4.69, 9.17) is 5.11 Å². The fraction of sp³-hybridized carbons (Fsp3) is 0.0625. The van der Waals surface area contributed by atoms with E-state index in [2.05, 4.69) is 11.9 Å². The van der Waals surface area contributed by atoms with Gasteiger partial charge < -0.3 is 0 Å². The van der Waals surface area contributed by atoms with Crippen LogP contribution in [0, 0.1) is 0 Å². The summed E-state index contributed by atoms with van der Waals surface area (Å²) < 4.78 is 1.21. The van der Waals surface area contributed by atoms with Crippen LogP contribution in [0.15, 0.2) is 60.7 Å². The average molecular weight is 317 g/mol. The molecule has 0 spiro atoms. The van der Waals surface area contributed by atoms with Gasteiger partial charge >= 0.3 is 118 Å². The first-order valence-electron chi connectivity index (χ1n) is 5.86. The van der Waals surface area contributed by atoms with Gasteiger partial charge in [-0.05, 0) is 0 Å². The van der Waals surface area contributed by atoms with Crippen LogP contribution in [-0.2, 0) is 4.79 Å². The molecule has 0 atom stereocenters. The van der Waals surface area contributed by atoms with E-state index in [0.29, 0.717) is 15.0 Å². The van der Waals surface area contributed by atoms with Crippen LogP contribution in [0.4, 0.5) is 0 Å². The first-order chi connectivity index (χ1) is 9.22. The van der Waals surface area contributed by atoms with Crippen molar-refractivity contribution in [2.45, 2.75) is 5.82 Å². The van der Waals surface area contributed by atoms with E-state index in [9.17, 15) is 4.79 Å². The molecule has 19 heavy (non-hydrogen) atoms. The van der Waals surface area contributed by atoms with Crippen molar-refractivity contribution in [3.63, 3.8) is 0 Å². The van der Waals surface area contributed by atoms with Crippen LogP contribution in [0.1, 0.15) is 11.1 Å². The van der Waals surface area contributed by atoms with E-state index in [1.165, 1.54) is 10.5 Å². The van der Waals surface area contributed by atoms with Crippen molar-refractivity contribution in [2.75, 3.05) is 0 Å². The van der Waals surface area contributed by atoms with Gasteiger partial charge in [-0.15, -0.1) is 0 Å². The van der Waals surface area contributed by atoms with Crippen LogP contribution in [0.25, 0.3) is 5.57 Å². The Morgan fingerprint density at radius 3 is 2.32 bits per heavy atom. The predicted octanol–water partition coefficient (Wildman–Crippen LogP) is 2.58.